The second kappa shape index (κ2) is 6.45. The molecule has 0 bridgehead atoms. The van der Waals surface area contributed by atoms with Gasteiger partial charge >= 0.3 is 6.18 Å². The molecule has 0 N–H and O–H groups in total. The lowest BCUT2D eigenvalue weighted by Gasteiger charge is -2.37. The van der Waals surface area contributed by atoms with Crippen LogP contribution in [0.15, 0.2) is 47.2 Å². The van der Waals surface area contributed by atoms with Gasteiger partial charge in [0.15, 0.2) is 0 Å². The zero-order chi connectivity index (χ0) is 19.0. The van der Waals surface area contributed by atoms with E-state index in [1.165, 1.54) is 23.1 Å². The lowest BCUT2D eigenvalue weighted by molar-refractivity contribution is -0.138. The molecule has 27 heavy (non-hydrogen) atoms. The maximum Gasteiger partial charge on any atom is 0.417 e. The molecule has 3 heterocycles. The van der Waals surface area contributed by atoms with Crippen LogP contribution in [0.4, 0.5) is 13.2 Å². The van der Waals surface area contributed by atoms with E-state index in [1.807, 2.05) is 0 Å². The maximum atomic E-state index is 13.1. The Balaban J connectivity index is 1.46. The lowest BCUT2D eigenvalue weighted by atomic mass is 9.97. The van der Waals surface area contributed by atoms with Gasteiger partial charge in [0.25, 0.3) is 5.91 Å². The first kappa shape index (κ1) is 17.1. The quantitative estimate of drug-likeness (QED) is 0.700. The molecule has 0 atom stereocenters. The summed E-state index contributed by atoms with van der Waals surface area (Å²) < 4.78 is 44.4. The minimum Gasteiger partial charge on any atom is -0.338 e. The van der Waals surface area contributed by atoms with Crippen molar-refractivity contribution in [1.29, 1.82) is 0 Å². The largest absolute Gasteiger partial charge is 0.417 e. The van der Waals surface area contributed by atoms with Crippen molar-refractivity contribution in [2.24, 2.45) is 0 Å². The molecule has 1 amide bonds. The van der Waals surface area contributed by atoms with Gasteiger partial charge in [-0.1, -0.05) is 17.3 Å². The lowest BCUT2D eigenvalue weighted by Crippen LogP contribution is -2.49. The van der Waals surface area contributed by atoms with E-state index >= 15 is 0 Å². The van der Waals surface area contributed by atoms with Crippen molar-refractivity contribution in [3.63, 3.8) is 0 Å². The maximum absolute atomic E-state index is 13.1. The number of alkyl halides is 3. The number of aromatic nitrogens is 4. The Morgan fingerprint density at radius 3 is 2.48 bits per heavy atom. The summed E-state index contributed by atoms with van der Waals surface area (Å²) in [7, 11) is 0. The summed E-state index contributed by atoms with van der Waals surface area (Å²) in [5.74, 6) is -0.0930. The van der Waals surface area contributed by atoms with E-state index in [0.29, 0.717) is 11.7 Å². The summed E-state index contributed by atoms with van der Waals surface area (Å²) >= 11 is 0. The van der Waals surface area contributed by atoms with Gasteiger partial charge in [-0.15, -0.1) is 0 Å². The number of halogens is 3. The highest BCUT2D eigenvalue weighted by molar-refractivity contribution is 5.96. The Morgan fingerprint density at radius 1 is 1.07 bits per heavy atom. The van der Waals surface area contributed by atoms with Crippen LogP contribution in [0.1, 0.15) is 27.7 Å². The fourth-order valence-corrected chi connectivity index (χ4v) is 2.79. The van der Waals surface area contributed by atoms with Gasteiger partial charge < -0.3 is 9.42 Å². The van der Waals surface area contributed by atoms with Crippen LogP contribution in [0.3, 0.4) is 0 Å². The Bertz CT molecular complexity index is 968. The highest BCUT2D eigenvalue weighted by Crippen LogP contribution is 2.34. The molecular formula is C17H12F3N5O2. The normalized spacial score (nSPS) is 14.9. The fraction of sp³-hybridized carbons (Fsp3) is 0.235. The minimum absolute atomic E-state index is 0.197. The Kier molecular flexibility index (Phi) is 4.09. The molecule has 0 unspecified atom stereocenters. The van der Waals surface area contributed by atoms with E-state index in [4.69, 9.17) is 4.52 Å². The number of hydrogen-bond acceptors (Lipinski definition) is 6. The van der Waals surface area contributed by atoms with Gasteiger partial charge in [0.1, 0.15) is 0 Å². The summed E-state index contributed by atoms with van der Waals surface area (Å²) in [6, 6.07) is 6.39. The van der Waals surface area contributed by atoms with E-state index in [-0.39, 0.29) is 30.4 Å². The first-order chi connectivity index (χ1) is 12.9. The predicted octanol–water partition coefficient (Wildman–Crippen LogP) is 2.79. The number of carbonyl (C=O) groups is 1. The van der Waals surface area contributed by atoms with Crippen molar-refractivity contribution in [2.75, 3.05) is 13.1 Å². The van der Waals surface area contributed by atoms with Crippen LogP contribution in [-0.4, -0.2) is 44.0 Å². The van der Waals surface area contributed by atoms with E-state index in [1.54, 1.807) is 18.5 Å². The van der Waals surface area contributed by atoms with Crippen molar-refractivity contribution in [1.82, 2.24) is 25.0 Å². The number of rotatable bonds is 3. The second-order valence-electron chi connectivity index (χ2n) is 5.98. The third kappa shape index (κ3) is 3.25. The molecule has 1 aromatic carbocycles. The minimum atomic E-state index is -4.59. The molecule has 3 aromatic rings. The first-order valence-corrected chi connectivity index (χ1v) is 8.00. The van der Waals surface area contributed by atoms with Crippen molar-refractivity contribution >= 4 is 5.91 Å². The molecule has 0 saturated carbocycles. The Morgan fingerprint density at radius 2 is 1.78 bits per heavy atom. The summed E-state index contributed by atoms with van der Waals surface area (Å²) in [5, 5.41) is 3.80. The molecule has 1 fully saturated rings. The van der Waals surface area contributed by atoms with Crippen LogP contribution >= 0.6 is 0 Å². The summed E-state index contributed by atoms with van der Waals surface area (Å²) in [4.78, 5) is 26.0. The zero-order valence-corrected chi connectivity index (χ0v) is 13.7. The van der Waals surface area contributed by atoms with Crippen molar-refractivity contribution in [2.45, 2.75) is 12.1 Å². The van der Waals surface area contributed by atoms with Crippen LogP contribution in [0.2, 0.25) is 0 Å². The van der Waals surface area contributed by atoms with Crippen LogP contribution < -0.4 is 0 Å². The average Bonchev–Trinajstić information content (AvgIpc) is 3.10. The third-order valence-electron chi connectivity index (χ3n) is 4.19. The highest BCUT2D eigenvalue weighted by atomic mass is 19.4. The van der Waals surface area contributed by atoms with Crippen molar-refractivity contribution < 1.29 is 22.5 Å². The van der Waals surface area contributed by atoms with Gasteiger partial charge in [0.2, 0.25) is 17.5 Å². The van der Waals surface area contributed by atoms with Crippen molar-refractivity contribution in [3.8, 4) is 11.6 Å². The topological polar surface area (TPSA) is 85.0 Å². The van der Waals surface area contributed by atoms with E-state index in [2.05, 4.69) is 20.1 Å². The number of carbonyl (C=O) groups excluding carboxylic acids is 1. The molecule has 4 rings (SSSR count). The van der Waals surface area contributed by atoms with E-state index < -0.39 is 17.6 Å². The second-order valence-corrected chi connectivity index (χ2v) is 5.98. The standard InChI is InChI=1S/C17H12F3N5O2/c18-17(19,20)12-5-2-1-4-11(12)16(26)25-8-10(9-25)15-23-14(24-27-15)13-21-6-3-7-22-13/h1-7,10H,8-9H2. The number of nitrogens with zero attached hydrogens (tertiary/aromatic N) is 5. The van der Waals surface area contributed by atoms with Crippen LogP contribution in [0, 0.1) is 0 Å². The van der Waals surface area contributed by atoms with E-state index in [0.717, 1.165) is 6.07 Å². The molecule has 0 radical (unpaired) electrons. The monoisotopic (exact) mass is 375 g/mol. The molecule has 2 aromatic heterocycles. The van der Waals surface area contributed by atoms with E-state index in [9.17, 15) is 18.0 Å². The molecule has 0 spiro atoms. The van der Waals surface area contributed by atoms with Crippen LogP contribution in [0.25, 0.3) is 11.6 Å². The van der Waals surface area contributed by atoms with Gasteiger partial charge in [-0.25, -0.2) is 9.97 Å². The molecule has 7 nitrogen and oxygen atoms in total. The summed E-state index contributed by atoms with van der Waals surface area (Å²) in [6.07, 6.45) is -1.51. The van der Waals surface area contributed by atoms with Gasteiger partial charge in [-0.3, -0.25) is 4.79 Å². The molecule has 1 aliphatic rings. The number of benzene rings is 1. The van der Waals surface area contributed by atoms with Crippen molar-refractivity contribution in [3.05, 3.63) is 59.7 Å². The van der Waals surface area contributed by atoms with Crippen LogP contribution in [0.5, 0.6) is 0 Å². The number of amides is 1. The average molecular weight is 375 g/mol. The molecule has 138 valence electrons. The first-order valence-electron chi connectivity index (χ1n) is 8.00. The number of likely N-dealkylation sites (tertiary alicyclic amines) is 1. The third-order valence-corrected chi connectivity index (χ3v) is 4.19. The van der Waals surface area contributed by atoms with Gasteiger partial charge in [0.05, 0.1) is 17.0 Å². The van der Waals surface area contributed by atoms with Gasteiger partial charge in [-0.2, -0.15) is 18.2 Å². The van der Waals surface area contributed by atoms with Crippen LogP contribution in [-0.2, 0) is 6.18 Å². The molecular weight excluding hydrogens is 363 g/mol. The Labute approximate surface area is 150 Å². The molecule has 1 saturated heterocycles. The molecule has 0 aliphatic carbocycles. The summed E-state index contributed by atoms with van der Waals surface area (Å²) in [5.41, 5.74) is -1.31. The molecule has 10 heteroatoms. The SMILES string of the molecule is O=C(c1ccccc1C(F)(F)F)N1CC(c2nc(-c3ncccn3)no2)C1. The zero-order valence-electron chi connectivity index (χ0n) is 13.7. The number of hydrogen-bond donors (Lipinski definition) is 0. The highest BCUT2D eigenvalue weighted by Gasteiger charge is 2.40. The molecule has 1 aliphatic heterocycles. The Hall–Kier alpha value is -3.30. The smallest absolute Gasteiger partial charge is 0.338 e. The summed E-state index contributed by atoms with van der Waals surface area (Å²) in [6.45, 7) is 0.393. The fourth-order valence-electron chi connectivity index (χ4n) is 2.79. The predicted molar refractivity (Wildman–Crippen MR) is 85.4 cm³/mol. The van der Waals surface area contributed by atoms with Gasteiger partial charge in [-0.05, 0) is 18.2 Å². The van der Waals surface area contributed by atoms with Gasteiger partial charge in [0, 0.05) is 25.5 Å².